The Morgan fingerprint density at radius 1 is 0.787 bits per heavy atom. The van der Waals surface area contributed by atoms with E-state index in [0.29, 0.717) is 24.6 Å². The van der Waals surface area contributed by atoms with Crippen LogP contribution < -0.4 is 19.5 Å². The van der Waals surface area contributed by atoms with E-state index in [0.717, 1.165) is 60.0 Å². The predicted octanol–water partition coefficient (Wildman–Crippen LogP) is 7.74. The Labute approximate surface area is 282 Å². The van der Waals surface area contributed by atoms with Crippen molar-refractivity contribution in [3.63, 3.8) is 0 Å². The predicted molar refractivity (Wildman–Crippen MR) is 188 cm³/mol. The first-order chi connectivity index (χ1) is 23.0. The third kappa shape index (κ3) is 10.4. The van der Waals surface area contributed by atoms with Crippen molar-refractivity contribution in [2.24, 2.45) is 0 Å². The number of carbonyl (C=O) groups is 1. The first-order valence-electron chi connectivity index (χ1n) is 16.0. The van der Waals surface area contributed by atoms with Crippen molar-refractivity contribution in [2.75, 3.05) is 20.8 Å². The molecule has 1 heterocycles. The summed E-state index contributed by atoms with van der Waals surface area (Å²) in [6.45, 7) is 4.72. The summed E-state index contributed by atoms with van der Waals surface area (Å²) in [7, 11) is 3.30. The van der Waals surface area contributed by atoms with Crippen LogP contribution in [0.2, 0.25) is 0 Å². The molecule has 0 spiro atoms. The molecule has 7 nitrogen and oxygen atoms in total. The first-order valence-corrected chi connectivity index (χ1v) is 16.8. The Hall–Kier alpha value is -4.66. The van der Waals surface area contributed by atoms with Gasteiger partial charge in [0.25, 0.3) is 5.91 Å². The van der Waals surface area contributed by atoms with Gasteiger partial charge in [-0.3, -0.25) is 9.69 Å². The molecule has 0 bridgehead atoms. The maximum atomic E-state index is 13.0. The number of nitrogens with zero attached hydrogens (tertiary/aromatic N) is 2. The fraction of sp³-hybridized carbons (Fsp3) is 0.282. The Balaban J connectivity index is 1.22. The smallest absolute Gasteiger partial charge is 0.270 e. The quantitative estimate of drug-likeness (QED) is 0.111. The van der Waals surface area contributed by atoms with Gasteiger partial charge in [0.05, 0.1) is 20.8 Å². The van der Waals surface area contributed by atoms with Gasteiger partial charge in [-0.2, -0.15) is 0 Å². The molecule has 1 aromatic heterocycles. The van der Waals surface area contributed by atoms with Gasteiger partial charge in [0, 0.05) is 24.5 Å². The Morgan fingerprint density at radius 3 is 2.17 bits per heavy atom. The summed E-state index contributed by atoms with van der Waals surface area (Å²) in [6.07, 6.45) is 2.60. The highest BCUT2D eigenvalue weighted by molar-refractivity contribution is 7.09. The van der Waals surface area contributed by atoms with Crippen molar-refractivity contribution in [2.45, 2.75) is 51.9 Å². The van der Waals surface area contributed by atoms with Crippen molar-refractivity contribution >= 4 is 17.2 Å². The second-order valence-corrected chi connectivity index (χ2v) is 12.5. The lowest BCUT2D eigenvalue weighted by Crippen LogP contribution is -2.33. The number of hydrogen-bond acceptors (Lipinski definition) is 7. The minimum absolute atomic E-state index is 0.0467. The number of rotatable bonds is 17. The number of aryl methyl sites for hydroxylation is 1. The van der Waals surface area contributed by atoms with E-state index in [2.05, 4.69) is 52.7 Å². The maximum Gasteiger partial charge on any atom is 0.270 e. The van der Waals surface area contributed by atoms with Gasteiger partial charge >= 0.3 is 0 Å². The monoisotopic (exact) mass is 649 g/mol. The van der Waals surface area contributed by atoms with Crippen LogP contribution in [-0.2, 0) is 32.5 Å². The molecule has 1 atom stereocenters. The summed E-state index contributed by atoms with van der Waals surface area (Å²) in [5, 5.41) is 5.89. The summed E-state index contributed by atoms with van der Waals surface area (Å²) in [4.78, 5) is 20.1. The van der Waals surface area contributed by atoms with E-state index in [1.807, 2.05) is 73.0 Å². The van der Waals surface area contributed by atoms with Crippen LogP contribution in [0.15, 0.2) is 109 Å². The van der Waals surface area contributed by atoms with Gasteiger partial charge < -0.3 is 19.5 Å². The number of nitrogens with one attached hydrogen (secondary N) is 1. The zero-order valence-corrected chi connectivity index (χ0v) is 28.2. The van der Waals surface area contributed by atoms with Crippen LogP contribution in [0.4, 0.5) is 0 Å². The molecule has 0 aliphatic rings. The molecule has 0 radical (unpaired) electrons. The van der Waals surface area contributed by atoms with Crippen molar-refractivity contribution < 1.29 is 19.0 Å². The summed E-state index contributed by atoms with van der Waals surface area (Å²) >= 11 is 1.52. The van der Waals surface area contributed by atoms with Gasteiger partial charge in [0.1, 0.15) is 23.1 Å². The van der Waals surface area contributed by atoms with Gasteiger partial charge in [-0.05, 0) is 72.7 Å². The molecular weight excluding hydrogens is 607 g/mol. The van der Waals surface area contributed by atoms with Crippen LogP contribution in [0.3, 0.4) is 0 Å². The third-order valence-electron chi connectivity index (χ3n) is 7.97. The van der Waals surface area contributed by atoms with E-state index in [9.17, 15) is 4.79 Å². The lowest BCUT2D eigenvalue weighted by Gasteiger charge is -2.22. The standard InChI is InChI=1S/C39H43N3O4S/c1-29(14-15-30-10-6-4-7-11-30)40-39(43)35-28-47-38(41-35)26-42(23-22-31-18-21-36(44-2)37(24-31)45-3)25-32-16-19-34(20-17-32)46-27-33-12-8-5-9-13-33/h4-13,16-21,24,28-29H,14-15,22-23,25-27H2,1-3H3,(H,40,43)/t29-/m0/s1. The van der Waals surface area contributed by atoms with Crippen molar-refractivity contribution in [1.82, 2.24) is 15.2 Å². The number of ether oxygens (including phenoxy) is 3. The molecule has 47 heavy (non-hydrogen) atoms. The van der Waals surface area contributed by atoms with E-state index in [1.165, 1.54) is 22.5 Å². The topological polar surface area (TPSA) is 72.9 Å². The molecule has 0 saturated carbocycles. The molecular formula is C39H43N3O4S. The lowest BCUT2D eigenvalue weighted by molar-refractivity contribution is 0.0933. The highest BCUT2D eigenvalue weighted by atomic mass is 32.1. The molecule has 5 aromatic rings. The van der Waals surface area contributed by atoms with Crippen molar-refractivity contribution in [1.29, 1.82) is 0 Å². The third-order valence-corrected chi connectivity index (χ3v) is 8.81. The SMILES string of the molecule is COc1ccc(CCN(Cc2ccc(OCc3ccccc3)cc2)Cc2nc(C(=O)N[C@@H](C)CCc3ccccc3)cs2)cc1OC. The van der Waals surface area contributed by atoms with Gasteiger partial charge in [-0.25, -0.2) is 4.98 Å². The average molecular weight is 650 g/mol. The summed E-state index contributed by atoms with van der Waals surface area (Å²) in [5.41, 5.74) is 5.20. The van der Waals surface area contributed by atoms with Crippen molar-refractivity contribution in [3.05, 3.63) is 141 Å². The van der Waals surface area contributed by atoms with Gasteiger partial charge in [-0.15, -0.1) is 11.3 Å². The molecule has 0 aliphatic carbocycles. The van der Waals surface area contributed by atoms with Crippen molar-refractivity contribution in [3.8, 4) is 17.2 Å². The normalized spacial score (nSPS) is 11.7. The first kappa shape index (κ1) is 33.7. The second-order valence-electron chi connectivity index (χ2n) is 11.6. The zero-order chi connectivity index (χ0) is 32.8. The lowest BCUT2D eigenvalue weighted by atomic mass is 10.1. The largest absolute Gasteiger partial charge is 0.493 e. The second kappa shape index (κ2) is 17.3. The van der Waals surface area contributed by atoms with E-state index in [1.54, 1.807) is 14.2 Å². The van der Waals surface area contributed by atoms with Gasteiger partial charge in [0.2, 0.25) is 0 Å². The fourth-order valence-electron chi connectivity index (χ4n) is 5.30. The minimum atomic E-state index is -0.129. The molecule has 0 fully saturated rings. The summed E-state index contributed by atoms with van der Waals surface area (Å²) in [6, 6.07) is 34.9. The van der Waals surface area contributed by atoms with Gasteiger partial charge in [-0.1, -0.05) is 78.9 Å². The summed E-state index contributed by atoms with van der Waals surface area (Å²) < 4.78 is 17.0. The number of aromatic nitrogens is 1. The van der Waals surface area contributed by atoms with E-state index < -0.39 is 0 Å². The highest BCUT2D eigenvalue weighted by Gasteiger charge is 2.17. The molecule has 5 rings (SSSR count). The van der Waals surface area contributed by atoms with Crippen LogP contribution in [0, 0.1) is 0 Å². The number of thiazole rings is 1. The Morgan fingerprint density at radius 2 is 1.47 bits per heavy atom. The highest BCUT2D eigenvalue weighted by Crippen LogP contribution is 2.28. The summed E-state index contributed by atoms with van der Waals surface area (Å²) in [5.74, 6) is 2.14. The molecule has 1 N–H and O–H groups in total. The molecule has 0 saturated heterocycles. The number of methoxy groups -OCH3 is 2. The molecule has 0 unspecified atom stereocenters. The van der Waals surface area contributed by atoms with E-state index >= 15 is 0 Å². The Kier molecular flexibility index (Phi) is 12.4. The van der Waals surface area contributed by atoms with Crippen LogP contribution in [0.1, 0.15) is 51.1 Å². The molecule has 244 valence electrons. The molecule has 8 heteroatoms. The molecule has 1 amide bonds. The van der Waals surface area contributed by atoms with Crippen LogP contribution in [0.5, 0.6) is 17.2 Å². The Bertz CT molecular complexity index is 1680. The number of hydrogen-bond donors (Lipinski definition) is 1. The minimum Gasteiger partial charge on any atom is -0.493 e. The van der Waals surface area contributed by atoms with E-state index in [4.69, 9.17) is 19.2 Å². The maximum absolute atomic E-state index is 13.0. The van der Waals surface area contributed by atoms with Crippen LogP contribution in [-0.4, -0.2) is 42.6 Å². The molecule has 4 aromatic carbocycles. The average Bonchev–Trinajstić information content (AvgIpc) is 3.59. The van der Waals surface area contributed by atoms with Crippen LogP contribution in [0.25, 0.3) is 0 Å². The zero-order valence-electron chi connectivity index (χ0n) is 27.4. The van der Waals surface area contributed by atoms with Gasteiger partial charge in [0.15, 0.2) is 11.5 Å². The number of carbonyl (C=O) groups excluding carboxylic acids is 1. The number of benzene rings is 4. The fourth-order valence-corrected chi connectivity index (χ4v) is 6.12. The van der Waals surface area contributed by atoms with Crippen LogP contribution >= 0.6 is 11.3 Å². The van der Waals surface area contributed by atoms with E-state index in [-0.39, 0.29) is 11.9 Å². The molecule has 0 aliphatic heterocycles. The number of amides is 1.